The van der Waals surface area contributed by atoms with Crippen molar-refractivity contribution in [1.29, 1.82) is 0 Å². The third-order valence-corrected chi connectivity index (χ3v) is 9.62. The monoisotopic (exact) mass is 750 g/mol. The molecule has 0 radical (unpaired) electrons. The highest BCUT2D eigenvalue weighted by Crippen LogP contribution is 2.44. The van der Waals surface area contributed by atoms with E-state index in [4.69, 9.17) is 35.3 Å². The fraction of sp³-hybridized carbons (Fsp3) is 0. The molecular weight excluding hydrogens is 701 g/mol. The van der Waals surface area contributed by atoms with E-state index >= 15 is 0 Å². The Morgan fingerprint density at radius 3 is 1.96 bits per heavy atom. The van der Waals surface area contributed by atoms with E-state index < -0.39 is 154 Å². The molecule has 0 fully saturated rings. The second-order valence-electron chi connectivity index (χ2n) is 12.8. The minimum Gasteiger partial charge on any atom is -0.456 e. The Morgan fingerprint density at radius 1 is 0.421 bits per heavy atom. The van der Waals surface area contributed by atoms with Crippen molar-refractivity contribution in [3.63, 3.8) is 0 Å². The third-order valence-electron chi connectivity index (χ3n) is 9.62. The summed E-state index contributed by atoms with van der Waals surface area (Å²) in [6.45, 7) is 0. The zero-order valence-corrected chi connectivity index (χ0v) is 28.9. The molecule has 0 bridgehead atoms. The summed E-state index contributed by atoms with van der Waals surface area (Å²) in [5, 5.41) is -1.27. The molecule has 12 rings (SSSR count). The first-order chi connectivity index (χ1) is 36.6. The number of nitrogens with zero attached hydrogens (tertiary/aromatic N) is 4. The summed E-state index contributed by atoms with van der Waals surface area (Å²) in [5.41, 5.74) is -2.73. The maximum absolute atomic E-state index is 9.69. The summed E-state index contributed by atoms with van der Waals surface area (Å²) in [7, 11) is 0. The topological polar surface area (TPSA) is 69.9 Å². The number of aromatic nitrogens is 4. The van der Waals surface area contributed by atoms with Gasteiger partial charge in [0.25, 0.3) is 0 Å². The van der Waals surface area contributed by atoms with Gasteiger partial charge in [-0.15, -0.1) is 0 Å². The summed E-state index contributed by atoms with van der Waals surface area (Å²) in [6, 6.07) is 3.09. The van der Waals surface area contributed by atoms with Crippen LogP contribution in [-0.2, 0) is 0 Å². The predicted octanol–water partition coefficient (Wildman–Crippen LogP) is 13.4. The first kappa shape index (κ1) is 17.8. The number of benzene rings is 8. The molecule has 0 aliphatic heterocycles. The van der Waals surface area contributed by atoms with Crippen molar-refractivity contribution < 1.29 is 36.2 Å². The first-order valence-electron chi connectivity index (χ1n) is 27.4. The zero-order chi connectivity index (χ0) is 54.9. The van der Waals surface area contributed by atoms with Crippen molar-refractivity contribution >= 4 is 65.7 Å². The van der Waals surface area contributed by atoms with E-state index in [9.17, 15) is 11.0 Å². The van der Waals surface area contributed by atoms with Crippen LogP contribution in [0.3, 0.4) is 0 Å². The Labute approximate surface area is 354 Å². The largest absolute Gasteiger partial charge is 0.456 e. The molecule has 6 nitrogen and oxygen atoms in total. The van der Waals surface area contributed by atoms with Crippen LogP contribution >= 0.6 is 0 Å². The van der Waals surface area contributed by atoms with E-state index in [1.54, 1.807) is 60.7 Å². The number of para-hydroxylation sites is 2. The molecule has 0 N–H and O–H groups in total. The lowest BCUT2D eigenvalue weighted by molar-refractivity contribution is 0.669. The van der Waals surface area contributed by atoms with Gasteiger partial charge in [0.2, 0.25) is 5.95 Å². The van der Waals surface area contributed by atoms with E-state index in [0.29, 0.717) is 11.1 Å². The van der Waals surface area contributed by atoms with E-state index in [1.165, 1.54) is 0 Å². The number of fused-ring (bicyclic) bond motifs is 10. The van der Waals surface area contributed by atoms with Crippen molar-refractivity contribution in [3.05, 3.63) is 182 Å². The molecule has 12 aromatic rings. The minimum absolute atomic E-state index is 0.0856. The van der Waals surface area contributed by atoms with Gasteiger partial charge in [0.1, 0.15) is 22.3 Å². The highest BCUT2D eigenvalue weighted by Gasteiger charge is 2.23. The van der Waals surface area contributed by atoms with Gasteiger partial charge in [-0.2, -0.15) is 9.97 Å². The first-order valence-corrected chi connectivity index (χ1v) is 17.4. The Morgan fingerprint density at radius 2 is 1.12 bits per heavy atom. The summed E-state index contributed by atoms with van der Waals surface area (Å²) < 4.78 is 194. The fourth-order valence-electron chi connectivity index (χ4n) is 7.16. The van der Waals surface area contributed by atoms with Gasteiger partial charge in [-0.05, 0) is 52.9 Å². The van der Waals surface area contributed by atoms with Crippen molar-refractivity contribution in [3.8, 4) is 51.0 Å². The van der Waals surface area contributed by atoms with E-state index in [1.807, 2.05) is 0 Å². The lowest BCUT2D eigenvalue weighted by atomic mass is 9.99. The smallest absolute Gasteiger partial charge is 0.238 e. The van der Waals surface area contributed by atoms with Gasteiger partial charge in [-0.1, -0.05) is 145 Å². The Balaban J connectivity index is 1.24. The molecule has 4 heterocycles. The van der Waals surface area contributed by atoms with Crippen LogP contribution in [0, 0.1) is 0 Å². The van der Waals surface area contributed by atoms with Crippen LogP contribution in [0.4, 0.5) is 0 Å². The molecule has 57 heavy (non-hydrogen) atoms. The molecule has 0 saturated carbocycles. The summed E-state index contributed by atoms with van der Waals surface area (Å²) in [4.78, 5) is 14.2. The van der Waals surface area contributed by atoms with Crippen molar-refractivity contribution in [1.82, 2.24) is 19.5 Å². The molecule has 0 aliphatic carbocycles. The summed E-state index contributed by atoms with van der Waals surface area (Å²) in [6.07, 6.45) is 0. The SMILES string of the molecule is [2H]c1c([2H])c([2H])c(-c2c([2H])c([2H])c([2H])c3oc4c([2H])c(-c5nc(-c6ccccc6)nc(-n6c7c([2H])c([2H])c([2H])c([2H])c7c7c8c(oc9c(-c%10ccccc%10)c([2H])c([2H])c([2H])c98)c([2H])c([2H])c76)n5)c([2H])c([2H])c4c23)c([2H])c1[2H]. The highest BCUT2D eigenvalue weighted by molar-refractivity contribution is 6.28. The van der Waals surface area contributed by atoms with E-state index in [0.717, 1.165) is 4.57 Å². The Hall–Kier alpha value is -7.83. The standard InChI is InChI=1S/C51H30N4O2/c1-4-14-31(15-5-1)35-21-13-25-42-45(35)38-27-26-34(30-44(38)56-42)50-52-49(33-18-8-3-9-19-33)53-51(54-50)55-40-24-11-10-20-37(40)46-41(55)28-29-43-47(46)39-23-12-22-36(48(39)57-43)32-16-6-2-7-17-32/h1-30H/i1D,4D,5D,10D,11D,12D,13D,14D,15D,20D,21D,22D,23D,24D,25D,26D,27D,28D,29D,30D. The molecule has 6 heteroatoms. The average Bonchev–Trinajstić information content (AvgIpc) is 3.82. The Kier molecular flexibility index (Phi) is 3.85. The second kappa shape index (κ2) is 12.3. The molecule has 8 aromatic carbocycles. The molecule has 0 saturated heterocycles. The summed E-state index contributed by atoms with van der Waals surface area (Å²) >= 11 is 0. The molecule has 0 spiro atoms. The van der Waals surface area contributed by atoms with Crippen LogP contribution in [0.5, 0.6) is 0 Å². The number of hydrogen-bond acceptors (Lipinski definition) is 5. The zero-order valence-electron chi connectivity index (χ0n) is 48.9. The van der Waals surface area contributed by atoms with Gasteiger partial charge in [0.15, 0.2) is 11.6 Å². The van der Waals surface area contributed by atoms with Crippen LogP contribution in [-0.4, -0.2) is 19.5 Å². The van der Waals surface area contributed by atoms with Crippen molar-refractivity contribution in [2.75, 3.05) is 0 Å². The normalized spacial score (nSPS) is 16.8. The number of furan rings is 2. The molecule has 0 atom stereocenters. The predicted molar refractivity (Wildman–Crippen MR) is 230 cm³/mol. The minimum atomic E-state index is -0.778. The molecule has 4 aromatic heterocycles. The fourth-order valence-corrected chi connectivity index (χ4v) is 7.16. The van der Waals surface area contributed by atoms with Crippen LogP contribution in [0.25, 0.3) is 117 Å². The van der Waals surface area contributed by atoms with Gasteiger partial charge in [0, 0.05) is 49.0 Å². The number of rotatable bonds is 5. The second-order valence-corrected chi connectivity index (χ2v) is 12.8. The molecular formula is C51H30N4O2. The maximum Gasteiger partial charge on any atom is 0.238 e. The van der Waals surface area contributed by atoms with Crippen LogP contribution < -0.4 is 0 Å². The molecule has 0 unspecified atom stereocenters. The van der Waals surface area contributed by atoms with E-state index in [2.05, 4.69) is 4.98 Å². The summed E-state index contributed by atoms with van der Waals surface area (Å²) in [5.74, 6) is -1.17. The lowest BCUT2D eigenvalue weighted by Gasteiger charge is -2.11. The van der Waals surface area contributed by atoms with Gasteiger partial charge < -0.3 is 8.83 Å². The lowest BCUT2D eigenvalue weighted by Crippen LogP contribution is -2.06. The molecule has 0 aliphatic rings. The van der Waals surface area contributed by atoms with Crippen LogP contribution in [0.15, 0.2) is 190 Å². The van der Waals surface area contributed by atoms with Crippen LogP contribution in [0.2, 0.25) is 0 Å². The van der Waals surface area contributed by atoms with E-state index in [-0.39, 0.29) is 71.9 Å². The molecule has 266 valence electrons. The maximum atomic E-state index is 9.69. The van der Waals surface area contributed by atoms with Crippen molar-refractivity contribution in [2.45, 2.75) is 0 Å². The van der Waals surface area contributed by atoms with Crippen LogP contribution in [0.1, 0.15) is 27.4 Å². The van der Waals surface area contributed by atoms with Gasteiger partial charge in [0.05, 0.1) is 38.4 Å². The average molecular weight is 751 g/mol. The Bertz CT molecular complexity index is 4660. The number of hydrogen-bond donors (Lipinski definition) is 0. The van der Waals surface area contributed by atoms with Gasteiger partial charge in [-0.3, -0.25) is 4.57 Å². The van der Waals surface area contributed by atoms with Crippen molar-refractivity contribution in [2.24, 2.45) is 0 Å². The highest BCUT2D eigenvalue weighted by atomic mass is 16.3. The third kappa shape index (κ3) is 4.87. The molecule has 0 amide bonds. The van der Waals surface area contributed by atoms with Gasteiger partial charge in [-0.25, -0.2) is 4.98 Å². The van der Waals surface area contributed by atoms with Gasteiger partial charge >= 0.3 is 0 Å². The quantitative estimate of drug-likeness (QED) is 0.175.